The first-order valence-corrected chi connectivity index (χ1v) is 6.46. The number of nitrogens with zero attached hydrogens (tertiary/aromatic N) is 3. The van der Waals surface area contributed by atoms with Crippen molar-refractivity contribution in [2.45, 2.75) is 0 Å². The van der Waals surface area contributed by atoms with Crippen LogP contribution in [0.15, 0.2) is 24.3 Å². The van der Waals surface area contributed by atoms with Crippen LogP contribution in [0.4, 0.5) is 5.13 Å². The molecule has 18 heavy (non-hydrogen) atoms. The molecule has 1 aromatic heterocycles. The second kappa shape index (κ2) is 5.79. The molecule has 1 heterocycles. The Balaban J connectivity index is 2.12. The van der Waals surface area contributed by atoms with Gasteiger partial charge in [0.15, 0.2) is 0 Å². The maximum Gasteiger partial charge on any atom is 0.208 e. The first-order valence-electron chi connectivity index (χ1n) is 5.65. The van der Waals surface area contributed by atoms with Crippen LogP contribution < -0.4 is 15.4 Å². The van der Waals surface area contributed by atoms with Gasteiger partial charge >= 0.3 is 0 Å². The van der Waals surface area contributed by atoms with Crippen LogP contribution in [0.5, 0.6) is 5.75 Å². The molecule has 0 saturated heterocycles. The van der Waals surface area contributed by atoms with E-state index in [1.165, 1.54) is 0 Å². The van der Waals surface area contributed by atoms with Gasteiger partial charge in [0.25, 0.3) is 0 Å². The summed E-state index contributed by atoms with van der Waals surface area (Å²) in [6.45, 7) is 1.05. The van der Waals surface area contributed by atoms with E-state index in [0.29, 0.717) is 13.2 Å². The van der Waals surface area contributed by atoms with E-state index < -0.39 is 0 Å². The fourth-order valence-electron chi connectivity index (χ4n) is 1.38. The molecule has 0 fully saturated rings. The molecule has 2 N–H and O–H groups in total. The molecule has 0 saturated carbocycles. The molecule has 2 rings (SSSR count). The third-order valence-corrected chi connectivity index (χ3v) is 3.42. The van der Waals surface area contributed by atoms with Gasteiger partial charge in [0.2, 0.25) is 5.13 Å². The number of benzene rings is 1. The van der Waals surface area contributed by atoms with Gasteiger partial charge in [-0.05, 0) is 24.3 Å². The minimum atomic E-state index is 0.518. The summed E-state index contributed by atoms with van der Waals surface area (Å²) in [5.74, 6) is 0.821. The summed E-state index contributed by atoms with van der Waals surface area (Å²) in [6.07, 6.45) is 0. The molecule has 0 aliphatic heterocycles. The Bertz CT molecular complexity index is 495. The molecule has 0 atom stereocenters. The lowest BCUT2D eigenvalue weighted by Crippen LogP contribution is -2.10. The van der Waals surface area contributed by atoms with E-state index in [2.05, 4.69) is 10.2 Å². The molecule has 0 aliphatic rings. The van der Waals surface area contributed by atoms with E-state index in [-0.39, 0.29) is 0 Å². The SMILES string of the molecule is CN(C)c1nnc(-c2ccc(OCCN)cc2)s1. The molecule has 0 spiro atoms. The van der Waals surface area contributed by atoms with Gasteiger partial charge in [-0.1, -0.05) is 11.3 Å². The molecule has 0 unspecified atom stereocenters. The zero-order valence-electron chi connectivity index (χ0n) is 10.5. The van der Waals surface area contributed by atoms with Crippen molar-refractivity contribution in [1.82, 2.24) is 10.2 Å². The molecule has 96 valence electrons. The van der Waals surface area contributed by atoms with Crippen molar-refractivity contribution in [3.05, 3.63) is 24.3 Å². The van der Waals surface area contributed by atoms with Gasteiger partial charge in [0.05, 0.1) is 0 Å². The third kappa shape index (κ3) is 2.96. The number of hydrogen-bond acceptors (Lipinski definition) is 6. The summed E-state index contributed by atoms with van der Waals surface area (Å²) in [7, 11) is 3.90. The van der Waals surface area contributed by atoms with Crippen molar-refractivity contribution in [3.63, 3.8) is 0 Å². The van der Waals surface area contributed by atoms with Gasteiger partial charge in [-0.15, -0.1) is 10.2 Å². The van der Waals surface area contributed by atoms with Crippen molar-refractivity contribution in [2.75, 3.05) is 32.1 Å². The van der Waals surface area contributed by atoms with E-state index >= 15 is 0 Å². The fourth-order valence-corrected chi connectivity index (χ4v) is 2.16. The predicted octanol–water partition coefficient (Wildman–Crippen LogP) is 1.61. The molecule has 0 aliphatic carbocycles. The standard InChI is InChI=1S/C12H16N4OS/c1-16(2)12-15-14-11(18-12)9-3-5-10(6-4-9)17-8-7-13/h3-6H,7-8,13H2,1-2H3. The average molecular weight is 264 g/mol. The molecule has 1 aromatic carbocycles. The van der Waals surface area contributed by atoms with Gasteiger partial charge < -0.3 is 15.4 Å². The van der Waals surface area contributed by atoms with E-state index in [4.69, 9.17) is 10.5 Å². The van der Waals surface area contributed by atoms with Crippen LogP contribution in [0.1, 0.15) is 0 Å². The van der Waals surface area contributed by atoms with Crippen LogP contribution in [0, 0.1) is 0 Å². The van der Waals surface area contributed by atoms with Crippen LogP contribution in [-0.2, 0) is 0 Å². The Morgan fingerprint density at radius 3 is 2.50 bits per heavy atom. The zero-order valence-corrected chi connectivity index (χ0v) is 11.3. The minimum Gasteiger partial charge on any atom is -0.492 e. The molecule has 2 aromatic rings. The first kappa shape index (κ1) is 12.8. The Labute approximate surface area is 110 Å². The second-order valence-electron chi connectivity index (χ2n) is 3.95. The van der Waals surface area contributed by atoms with Crippen LogP contribution in [-0.4, -0.2) is 37.4 Å². The van der Waals surface area contributed by atoms with Gasteiger partial charge in [-0.2, -0.15) is 0 Å². The highest BCUT2D eigenvalue weighted by molar-refractivity contribution is 7.18. The summed E-state index contributed by atoms with van der Waals surface area (Å²) < 4.78 is 5.42. The molecule has 6 heteroatoms. The quantitative estimate of drug-likeness (QED) is 0.888. The maximum atomic E-state index is 5.42. The normalized spacial score (nSPS) is 10.4. The van der Waals surface area contributed by atoms with Crippen LogP contribution in [0.2, 0.25) is 0 Å². The summed E-state index contributed by atoms with van der Waals surface area (Å²) in [5, 5.41) is 10.1. The number of nitrogens with two attached hydrogens (primary N) is 1. The summed E-state index contributed by atoms with van der Waals surface area (Å²) in [5.41, 5.74) is 6.42. The average Bonchev–Trinajstić information content (AvgIpc) is 2.87. The highest BCUT2D eigenvalue weighted by atomic mass is 32.1. The van der Waals surface area contributed by atoms with E-state index in [1.54, 1.807) is 11.3 Å². The van der Waals surface area contributed by atoms with E-state index in [1.807, 2.05) is 43.3 Å². The van der Waals surface area contributed by atoms with Gasteiger partial charge in [-0.3, -0.25) is 0 Å². The van der Waals surface area contributed by atoms with Crippen molar-refractivity contribution in [3.8, 4) is 16.3 Å². The maximum absolute atomic E-state index is 5.42. The Hall–Kier alpha value is -1.66. The Morgan fingerprint density at radius 2 is 1.94 bits per heavy atom. The first-order chi connectivity index (χ1) is 8.70. The summed E-state index contributed by atoms with van der Waals surface area (Å²) in [6, 6.07) is 7.79. The molecular formula is C12H16N4OS. The van der Waals surface area contributed by atoms with Crippen molar-refractivity contribution >= 4 is 16.5 Å². The van der Waals surface area contributed by atoms with E-state index in [0.717, 1.165) is 21.5 Å². The number of anilines is 1. The third-order valence-electron chi connectivity index (χ3n) is 2.28. The number of aromatic nitrogens is 2. The lowest BCUT2D eigenvalue weighted by molar-refractivity contribution is 0.328. The number of ether oxygens (including phenoxy) is 1. The zero-order chi connectivity index (χ0) is 13.0. The lowest BCUT2D eigenvalue weighted by atomic mass is 10.2. The minimum absolute atomic E-state index is 0.518. The second-order valence-corrected chi connectivity index (χ2v) is 4.90. The van der Waals surface area contributed by atoms with Crippen LogP contribution in [0.25, 0.3) is 10.6 Å². The Morgan fingerprint density at radius 1 is 1.22 bits per heavy atom. The van der Waals surface area contributed by atoms with Crippen molar-refractivity contribution < 1.29 is 4.74 Å². The highest BCUT2D eigenvalue weighted by Crippen LogP contribution is 2.28. The highest BCUT2D eigenvalue weighted by Gasteiger charge is 2.07. The molecule has 0 radical (unpaired) electrons. The molecule has 0 bridgehead atoms. The number of rotatable bonds is 5. The number of hydrogen-bond donors (Lipinski definition) is 1. The summed E-state index contributed by atoms with van der Waals surface area (Å²) in [4.78, 5) is 1.94. The molecule has 0 amide bonds. The fraction of sp³-hybridized carbons (Fsp3) is 0.333. The summed E-state index contributed by atoms with van der Waals surface area (Å²) >= 11 is 1.56. The molecule has 5 nitrogen and oxygen atoms in total. The monoisotopic (exact) mass is 264 g/mol. The predicted molar refractivity (Wildman–Crippen MR) is 74.2 cm³/mol. The smallest absolute Gasteiger partial charge is 0.208 e. The Kier molecular flexibility index (Phi) is 4.11. The van der Waals surface area contributed by atoms with Gasteiger partial charge in [0.1, 0.15) is 17.4 Å². The van der Waals surface area contributed by atoms with Crippen LogP contribution in [0.3, 0.4) is 0 Å². The van der Waals surface area contributed by atoms with Gasteiger partial charge in [-0.25, -0.2) is 0 Å². The van der Waals surface area contributed by atoms with Crippen molar-refractivity contribution in [2.24, 2.45) is 5.73 Å². The van der Waals surface area contributed by atoms with Gasteiger partial charge in [0, 0.05) is 26.2 Å². The topological polar surface area (TPSA) is 64.3 Å². The molecular weight excluding hydrogens is 248 g/mol. The van der Waals surface area contributed by atoms with Crippen LogP contribution >= 0.6 is 11.3 Å². The largest absolute Gasteiger partial charge is 0.492 e. The van der Waals surface area contributed by atoms with E-state index in [9.17, 15) is 0 Å². The lowest BCUT2D eigenvalue weighted by Gasteiger charge is -2.05. The van der Waals surface area contributed by atoms with Crippen molar-refractivity contribution in [1.29, 1.82) is 0 Å².